The lowest BCUT2D eigenvalue weighted by Crippen LogP contribution is -2.37. The standard InChI is InChI=1S/C9H14N6/c1-6-4-2-3-5-7(6)15(9(12)13)14-8(10)11/h2-5H,1H3,(H3,12,13)(H4,10,11,14). The molecule has 0 aliphatic rings. The highest BCUT2D eigenvalue weighted by atomic mass is 15.5. The van der Waals surface area contributed by atoms with Gasteiger partial charge in [-0.15, -0.1) is 5.10 Å². The van der Waals surface area contributed by atoms with Gasteiger partial charge in [-0.25, -0.2) is 0 Å². The number of benzene rings is 1. The molecule has 0 spiro atoms. The van der Waals surface area contributed by atoms with Crippen molar-refractivity contribution in [3.63, 3.8) is 0 Å². The summed E-state index contributed by atoms with van der Waals surface area (Å²) in [5.74, 6) is -0.383. The predicted molar refractivity (Wildman–Crippen MR) is 61.4 cm³/mol. The van der Waals surface area contributed by atoms with Crippen molar-refractivity contribution in [2.24, 2.45) is 22.3 Å². The van der Waals surface area contributed by atoms with Crippen LogP contribution in [-0.4, -0.2) is 11.9 Å². The van der Waals surface area contributed by atoms with Crippen molar-refractivity contribution >= 4 is 17.6 Å². The van der Waals surface area contributed by atoms with Gasteiger partial charge in [0.15, 0.2) is 0 Å². The predicted octanol–water partition coefficient (Wildman–Crippen LogP) is -0.117. The van der Waals surface area contributed by atoms with Crippen LogP contribution in [0, 0.1) is 12.3 Å². The van der Waals surface area contributed by atoms with Gasteiger partial charge in [0.2, 0.25) is 11.9 Å². The molecule has 0 aliphatic carbocycles. The minimum absolute atomic E-state index is 0.145. The minimum atomic E-state index is -0.238. The molecular formula is C9H14N6. The van der Waals surface area contributed by atoms with E-state index < -0.39 is 0 Å². The molecule has 1 aromatic carbocycles. The smallest absolute Gasteiger partial charge is 0.214 e. The zero-order valence-electron chi connectivity index (χ0n) is 8.44. The van der Waals surface area contributed by atoms with Crippen LogP contribution in [0.15, 0.2) is 29.4 Å². The van der Waals surface area contributed by atoms with Crippen LogP contribution < -0.4 is 22.2 Å². The number of anilines is 1. The Kier molecular flexibility index (Phi) is 3.12. The molecule has 0 unspecified atom stereocenters. The quantitative estimate of drug-likeness (QED) is 0.306. The van der Waals surface area contributed by atoms with Gasteiger partial charge in [0.05, 0.1) is 5.69 Å². The third kappa shape index (κ3) is 2.60. The summed E-state index contributed by atoms with van der Waals surface area (Å²) < 4.78 is 0. The number of hydrogen-bond acceptors (Lipinski definition) is 2. The molecule has 0 bridgehead atoms. The number of guanidine groups is 2. The summed E-state index contributed by atoms with van der Waals surface area (Å²) in [4.78, 5) is 0. The van der Waals surface area contributed by atoms with Crippen molar-refractivity contribution < 1.29 is 0 Å². The number of para-hydroxylation sites is 1. The number of aryl methyl sites for hydroxylation is 1. The normalized spacial score (nSPS) is 9.40. The number of hydrogen-bond donors (Lipinski definition) is 4. The van der Waals surface area contributed by atoms with Crippen LogP contribution >= 0.6 is 0 Å². The third-order valence-corrected chi connectivity index (χ3v) is 1.79. The number of hydrazone groups is 1. The summed E-state index contributed by atoms with van der Waals surface area (Å²) in [6.07, 6.45) is 0. The van der Waals surface area contributed by atoms with Crippen molar-refractivity contribution in [1.82, 2.24) is 0 Å². The topological polar surface area (TPSA) is 118 Å². The van der Waals surface area contributed by atoms with Gasteiger partial charge in [0.1, 0.15) is 0 Å². The maximum atomic E-state index is 7.36. The van der Waals surface area contributed by atoms with E-state index in [1.54, 1.807) is 6.07 Å². The fourth-order valence-corrected chi connectivity index (χ4v) is 1.15. The first-order valence-electron chi connectivity index (χ1n) is 4.31. The number of nitrogens with one attached hydrogen (secondary N) is 1. The first kappa shape index (κ1) is 10.8. The molecule has 0 saturated heterocycles. The highest BCUT2D eigenvalue weighted by molar-refractivity contribution is 5.95. The molecule has 6 nitrogen and oxygen atoms in total. The van der Waals surface area contributed by atoms with Crippen LogP contribution in [0.25, 0.3) is 0 Å². The first-order chi connectivity index (χ1) is 7.02. The Hall–Kier alpha value is -2.24. The molecule has 0 aliphatic heterocycles. The monoisotopic (exact) mass is 206 g/mol. The van der Waals surface area contributed by atoms with Gasteiger partial charge >= 0.3 is 0 Å². The van der Waals surface area contributed by atoms with Crippen LogP contribution in [-0.2, 0) is 0 Å². The Morgan fingerprint density at radius 3 is 2.33 bits per heavy atom. The third-order valence-electron chi connectivity index (χ3n) is 1.79. The van der Waals surface area contributed by atoms with E-state index in [2.05, 4.69) is 5.10 Å². The van der Waals surface area contributed by atoms with Gasteiger partial charge < -0.3 is 17.2 Å². The Morgan fingerprint density at radius 2 is 1.87 bits per heavy atom. The van der Waals surface area contributed by atoms with Crippen molar-refractivity contribution in [3.05, 3.63) is 29.8 Å². The molecule has 80 valence electrons. The lowest BCUT2D eigenvalue weighted by atomic mass is 10.2. The second-order valence-electron chi connectivity index (χ2n) is 3.01. The first-order valence-corrected chi connectivity index (χ1v) is 4.31. The van der Waals surface area contributed by atoms with Crippen molar-refractivity contribution in [1.29, 1.82) is 5.41 Å². The van der Waals surface area contributed by atoms with E-state index in [0.29, 0.717) is 5.69 Å². The average molecular weight is 206 g/mol. The lowest BCUT2D eigenvalue weighted by Gasteiger charge is -2.18. The van der Waals surface area contributed by atoms with Crippen molar-refractivity contribution in [2.45, 2.75) is 6.92 Å². The summed E-state index contributed by atoms with van der Waals surface area (Å²) in [5, 5.41) is 12.3. The van der Waals surface area contributed by atoms with E-state index in [0.717, 1.165) is 5.56 Å². The minimum Gasteiger partial charge on any atom is -0.369 e. The zero-order valence-corrected chi connectivity index (χ0v) is 8.44. The SMILES string of the molecule is Cc1ccccc1N(N=C(N)N)C(=N)N. The van der Waals surface area contributed by atoms with E-state index in [1.165, 1.54) is 5.01 Å². The van der Waals surface area contributed by atoms with Gasteiger partial charge in [-0.2, -0.15) is 5.01 Å². The van der Waals surface area contributed by atoms with Crippen LogP contribution in [0.4, 0.5) is 5.69 Å². The Bertz CT molecular complexity index is 393. The molecular weight excluding hydrogens is 192 g/mol. The summed E-state index contributed by atoms with van der Waals surface area (Å²) in [7, 11) is 0. The van der Waals surface area contributed by atoms with Gasteiger partial charge in [-0.1, -0.05) is 18.2 Å². The Morgan fingerprint density at radius 1 is 1.27 bits per heavy atom. The molecule has 6 heteroatoms. The van der Waals surface area contributed by atoms with Crippen LogP contribution in [0.2, 0.25) is 0 Å². The van der Waals surface area contributed by atoms with Crippen LogP contribution in [0.1, 0.15) is 5.56 Å². The van der Waals surface area contributed by atoms with E-state index >= 15 is 0 Å². The van der Waals surface area contributed by atoms with Crippen LogP contribution in [0.3, 0.4) is 0 Å². The summed E-state index contributed by atoms with van der Waals surface area (Å²) in [5.41, 5.74) is 17.5. The zero-order chi connectivity index (χ0) is 11.4. The molecule has 0 radical (unpaired) electrons. The van der Waals surface area contributed by atoms with E-state index in [1.807, 2.05) is 25.1 Å². The lowest BCUT2D eigenvalue weighted by molar-refractivity contribution is 1.06. The molecule has 0 saturated carbocycles. The molecule has 7 N–H and O–H groups in total. The second kappa shape index (κ2) is 4.32. The highest BCUT2D eigenvalue weighted by Gasteiger charge is 2.10. The van der Waals surface area contributed by atoms with Gasteiger partial charge in [0.25, 0.3) is 0 Å². The van der Waals surface area contributed by atoms with E-state index in [-0.39, 0.29) is 11.9 Å². The molecule has 0 heterocycles. The summed E-state index contributed by atoms with van der Waals surface area (Å²) in [6, 6.07) is 7.36. The van der Waals surface area contributed by atoms with Gasteiger partial charge in [0, 0.05) is 0 Å². The molecule has 0 amide bonds. The largest absolute Gasteiger partial charge is 0.369 e. The average Bonchev–Trinajstić information content (AvgIpc) is 2.15. The molecule has 15 heavy (non-hydrogen) atoms. The number of nitrogens with zero attached hydrogens (tertiary/aromatic N) is 2. The molecule has 1 aromatic rings. The van der Waals surface area contributed by atoms with Crippen molar-refractivity contribution in [2.75, 3.05) is 5.01 Å². The second-order valence-corrected chi connectivity index (χ2v) is 3.01. The van der Waals surface area contributed by atoms with Crippen LogP contribution in [0.5, 0.6) is 0 Å². The molecule has 0 atom stereocenters. The Labute approximate surface area is 87.9 Å². The molecule has 0 aromatic heterocycles. The molecule has 0 fully saturated rings. The van der Waals surface area contributed by atoms with E-state index in [9.17, 15) is 0 Å². The maximum absolute atomic E-state index is 7.36. The summed E-state index contributed by atoms with van der Waals surface area (Å²) >= 11 is 0. The fraction of sp³-hybridized carbons (Fsp3) is 0.111. The summed E-state index contributed by atoms with van der Waals surface area (Å²) in [6.45, 7) is 1.88. The van der Waals surface area contributed by atoms with Gasteiger partial charge in [-0.05, 0) is 18.6 Å². The number of rotatable bonds is 2. The van der Waals surface area contributed by atoms with Gasteiger partial charge in [-0.3, -0.25) is 5.41 Å². The fourth-order valence-electron chi connectivity index (χ4n) is 1.15. The molecule has 1 rings (SSSR count). The highest BCUT2D eigenvalue weighted by Crippen LogP contribution is 2.18. The van der Waals surface area contributed by atoms with Crippen molar-refractivity contribution in [3.8, 4) is 0 Å². The maximum Gasteiger partial charge on any atom is 0.214 e. The number of nitrogens with two attached hydrogens (primary N) is 3. The van der Waals surface area contributed by atoms with E-state index in [4.69, 9.17) is 22.6 Å². The Balaban J connectivity index is 3.16.